The van der Waals surface area contributed by atoms with Crippen LogP contribution < -0.4 is 0 Å². The molecule has 0 radical (unpaired) electrons. The van der Waals surface area contributed by atoms with Crippen LogP contribution >= 0.6 is 27.3 Å². The van der Waals surface area contributed by atoms with Crippen molar-refractivity contribution in [1.29, 1.82) is 0 Å². The standard InChI is InChI=1S/C14H16BrNO2S2/c1-3-11-4-6-12(7-5-11)10-16(2)20(17,18)14-9-8-13(15)19-14/h4-9H,3,10H2,1-2H3. The van der Waals surface area contributed by atoms with Gasteiger partial charge in [0.25, 0.3) is 10.0 Å². The summed E-state index contributed by atoms with van der Waals surface area (Å²) in [6, 6.07) is 11.4. The van der Waals surface area contributed by atoms with Gasteiger partial charge < -0.3 is 0 Å². The molecule has 0 atom stereocenters. The molecule has 3 nitrogen and oxygen atoms in total. The number of rotatable bonds is 5. The Bertz CT molecular complexity index is 677. The zero-order valence-electron chi connectivity index (χ0n) is 11.3. The molecule has 0 aliphatic heterocycles. The Kier molecular flexibility index (Phi) is 5.01. The summed E-state index contributed by atoms with van der Waals surface area (Å²) >= 11 is 4.52. The molecule has 0 aliphatic rings. The average Bonchev–Trinajstić information content (AvgIpc) is 2.87. The van der Waals surface area contributed by atoms with Gasteiger partial charge in [-0.3, -0.25) is 0 Å². The summed E-state index contributed by atoms with van der Waals surface area (Å²) < 4.78 is 27.3. The fraction of sp³-hybridized carbons (Fsp3) is 0.286. The van der Waals surface area contributed by atoms with Gasteiger partial charge in [0.2, 0.25) is 0 Å². The fourth-order valence-corrected chi connectivity index (χ4v) is 5.19. The average molecular weight is 374 g/mol. The van der Waals surface area contributed by atoms with Crippen LogP contribution in [0.5, 0.6) is 0 Å². The third-order valence-electron chi connectivity index (χ3n) is 3.05. The lowest BCUT2D eigenvalue weighted by Gasteiger charge is -2.16. The van der Waals surface area contributed by atoms with E-state index in [1.807, 2.05) is 24.3 Å². The number of benzene rings is 1. The molecule has 0 spiro atoms. The lowest BCUT2D eigenvalue weighted by molar-refractivity contribution is 0.468. The molecule has 1 heterocycles. The van der Waals surface area contributed by atoms with Crippen molar-refractivity contribution < 1.29 is 8.42 Å². The first-order valence-electron chi connectivity index (χ1n) is 6.23. The molecule has 0 unspecified atom stereocenters. The van der Waals surface area contributed by atoms with Crippen LogP contribution in [0, 0.1) is 0 Å². The van der Waals surface area contributed by atoms with Crippen LogP contribution in [0.4, 0.5) is 0 Å². The van der Waals surface area contributed by atoms with Crippen molar-refractivity contribution in [3.05, 3.63) is 51.3 Å². The summed E-state index contributed by atoms with van der Waals surface area (Å²) in [5.41, 5.74) is 2.24. The second-order valence-electron chi connectivity index (χ2n) is 4.49. The smallest absolute Gasteiger partial charge is 0.206 e. The van der Waals surface area contributed by atoms with Crippen molar-refractivity contribution in [2.45, 2.75) is 24.1 Å². The quantitative estimate of drug-likeness (QED) is 0.796. The van der Waals surface area contributed by atoms with Gasteiger partial charge in [0.1, 0.15) is 4.21 Å². The van der Waals surface area contributed by atoms with E-state index in [4.69, 9.17) is 0 Å². The first kappa shape index (κ1) is 15.7. The predicted molar refractivity (Wildman–Crippen MR) is 86.5 cm³/mol. The molecule has 0 N–H and O–H groups in total. The summed E-state index contributed by atoms with van der Waals surface area (Å²) in [7, 11) is -1.80. The first-order chi connectivity index (χ1) is 9.43. The monoisotopic (exact) mass is 373 g/mol. The lowest BCUT2D eigenvalue weighted by Crippen LogP contribution is -2.25. The van der Waals surface area contributed by atoms with Crippen LogP contribution in [0.2, 0.25) is 0 Å². The summed E-state index contributed by atoms with van der Waals surface area (Å²) in [4.78, 5) is 0. The molecule has 1 aromatic carbocycles. The minimum atomic E-state index is -3.41. The molecule has 0 saturated heterocycles. The van der Waals surface area contributed by atoms with E-state index in [1.165, 1.54) is 21.2 Å². The van der Waals surface area contributed by atoms with Crippen LogP contribution in [0.1, 0.15) is 18.1 Å². The van der Waals surface area contributed by atoms with E-state index in [1.54, 1.807) is 19.2 Å². The van der Waals surface area contributed by atoms with E-state index in [9.17, 15) is 8.42 Å². The predicted octanol–water partition coefficient (Wildman–Crippen LogP) is 3.89. The van der Waals surface area contributed by atoms with E-state index in [-0.39, 0.29) is 0 Å². The van der Waals surface area contributed by atoms with Crippen LogP contribution in [-0.2, 0) is 23.0 Å². The van der Waals surface area contributed by atoms with Gasteiger partial charge in [0.15, 0.2) is 0 Å². The molecule has 2 rings (SSSR count). The maximum Gasteiger partial charge on any atom is 0.252 e. The van der Waals surface area contributed by atoms with Crippen molar-refractivity contribution in [3.63, 3.8) is 0 Å². The highest BCUT2D eigenvalue weighted by molar-refractivity contribution is 9.11. The Hall–Kier alpha value is -0.690. The molecule has 0 aliphatic carbocycles. The van der Waals surface area contributed by atoms with E-state index >= 15 is 0 Å². The second kappa shape index (κ2) is 6.39. The molecule has 20 heavy (non-hydrogen) atoms. The number of thiophene rings is 1. The minimum Gasteiger partial charge on any atom is -0.206 e. The van der Waals surface area contributed by atoms with Crippen LogP contribution in [0.25, 0.3) is 0 Å². The maximum atomic E-state index is 12.4. The van der Waals surface area contributed by atoms with Gasteiger partial charge in [-0.25, -0.2) is 8.42 Å². The molecule has 0 saturated carbocycles. The number of nitrogens with zero attached hydrogens (tertiary/aromatic N) is 1. The van der Waals surface area contributed by atoms with E-state index in [0.717, 1.165) is 15.8 Å². The third kappa shape index (κ3) is 3.49. The topological polar surface area (TPSA) is 37.4 Å². The lowest BCUT2D eigenvalue weighted by atomic mass is 10.1. The van der Waals surface area contributed by atoms with Crippen molar-refractivity contribution >= 4 is 37.3 Å². The van der Waals surface area contributed by atoms with Gasteiger partial charge in [0.05, 0.1) is 3.79 Å². The summed E-state index contributed by atoms with van der Waals surface area (Å²) in [5.74, 6) is 0. The molecular weight excluding hydrogens is 358 g/mol. The zero-order valence-corrected chi connectivity index (χ0v) is 14.6. The SMILES string of the molecule is CCc1ccc(CN(C)S(=O)(=O)c2ccc(Br)s2)cc1. The van der Waals surface area contributed by atoms with Crippen molar-refractivity contribution in [1.82, 2.24) is 4.31 Å². The number of hydrogen-bond donors (Lipinski definition) is 0. The number of aryl methyl sites for hydroxylation is 1. The van der Waals surface area contributed by atoms with E-state index in [2.05, 4.69) is 22.9 Å². The van der Waals surface area contributed by atoms with Crippen LogP contribution in [0.3, 0.4) is 0 Å². The van der Waals surface area contributed by atoms with Crippen molar-refractivity contribution in [2.75, 3.05) is 7.05 Å². The highest BCUT2D eigenvalue weighted by Crippen LogP contribution is 2.28. The second-order valence-corrected chi connectivity index (χ2v) is 9.22. The van der Waals surface area contributed by atoms with Gasteiger partial charge >= 0.3 is 0 Å². The number of hydrogen-bond acceptors (Lipinski definition) is 3. The number of halogens is 1. The Morgan fingerprint density at radius 3 is 2.20 bits per heavy atom. The van der Waals surface area contributed by atoms with Crippen LogP contribution in [-0.4, -0.2) is 19.8 Å². The summed E-state index contributed by atoms with van der Waals surface area (Å²) in [6.07, 6.45) is 0.984. The van der Waals surface area contributed by atoms with Gasteiger partial charge in [-0.1, -0.05) is 31.2 Å². The Morgan fingerprint density at radius 2 is 1.70 bits per heavy atom. The summed E-state index contributed by atoms with van der Waals surface area (Å²) in [6.45, 7) is 2.47. The Morgan fingerprint density at radius 1 is 1.10 bits per heavy atom. The van der Waals surface area contributed by atoms with E-state index < -0.39 is 10.0 Å². The van der Waals surface area contributed by atoms with Gasteiger partial charge in [-0.2, -0.15) is 4.31 Å². The molecule has 0 amide bonds. The maximum absolute atomic E-state index is 12.4. The molecule has 108 valence electrons. The zero-order chi connectivity index (χ0) is 14.8. The third-order valence-corrected chi connectivity index (χ3v) is 6.94. The highest BCUT2D eigenvalue weighted by Gasteiger charge is 2.22. The Labute approximate surface area is 132 Å². The van der Waals surface area contributed by atoms with Crippen LogP contribution in [0.15, 0.2) is 44.4 Å². The van der Waals surface area contributed by atoms with E-state index in [0.29, 0.717) is 10.8 Å². The largest absolute Gasteiger partial charge is 0.252 e. The molecule has 6 heteroatoms. The highest BCUT2D eigenvalue weighted by atomic mass is 79.9. The molecule has 2 aromatic rings. The molecular formula is C14H16BrNO2S2. The van der Waals surface area contributed by atoms with Crippen molar-refractivity contribution in [3.8, 4) is 0 Å². The van der Waals surface area contributed by atoms with Gasteiger partial charge in [-0.15, -0.1) is 11.3 Å². The summed E-state index contributed by atoms with van der Waals surface area (Å²) in [5, 5.41) is 0. The van der Waals surface area contributed by atoms with Gasteiger partial charge in [-0.05, 0) is 45.6 Å². The Balaban J connectivity index is 2.16. The first-order valence-corrected chi connectivity index (χ1v) is 9.28. The van der Waals surface area contributed by atoms with Crippen molar-refractivity contribution in [2.24, 2.45) is 0 Å². The molecule has 1 aromatic heterocycles. The van der Waals surface area contributed by atoms with Gasteiger partial charge in [0, 0.05) is 13.6 Å². The molecule has 0 fully saturated rings. The minimum absolute atomic E-state index is 0.358. The normalized spacial score (nSPS) is 12.0. The fourth-order valence-electron chi connectivity index (χ4n) is 1.81. The number of sulfonamides is 1. The molecule has 0 bridgehead atoms.